The first-order chi connectivity index (χ1) is 12.4. The van der Waals surface area contributed by atoms with E-state index in [0.717, 1.165) is 17.5 Å². The van der Waals surface area contributed by atoms with Gasteiger partial charge in [0.25, 0.3) is 5.91 Å². The van der Waals surface area contributed by atoms with Gasteiger partial charge >= 0.3 is 0 Å². The van der Waals surface area contributed by atoms with Crippen LogP contribution in [0.5, 0.6) is 0 Å². The number of allylic oxidation sites excluding steroid dienone is 3. The summed E-state index contributed by atoms with van der Waals surface area (Å²) in [5.74, 6) is 0.432. The molecule has 3 aliphatic rings. The van der Waals surface area contributed by atoms with Gasteiger partial charge < -0.3 is 14.4 Å². The maximum Gasteiger partial charge on any atom is 0.254 e. The third-order valence-corrected chi connectivity index (χ3v) is 5.32. The van der Waals surface area contributed by atoms with E-state index in [1.807, 2.05) is 29.2 Å². The lowest BCUT2D eigenvalue weighted by Crippen LogP contribution is -2.51. The summed E-state index contributed by atoms with van der Waals surface area (Å²) in [6, 6.07) is 7.86. The standard InChI is InChI=1S/C22H27NO3/c1-22(2,3)26-20-17(15-8-6-9-15)11-12-25-19(20)14-23-13-16-7-4-5-10-18(16)21(23)24/h4-10,17,19-20H,11-14H2,1-3H3/t17-,19+,20+/m0/s1. The molecule has 0 bridgehead atoms. The van der Waals surface area contributed by atoms with E-state index in [4.69, 9.17) is 9.47 Å². The quantitative estimate of drug-likeness (QED) is 0.828. The van der Waals surface area contributed by atoms with E-state index in [0.29, 0.717) is 25.6 Å². The minimum absolute atomic E-state index is 0.0449. The molecule has 4 nitrogen and oxygen atoms in total. The lowest BCUT2D eigenvalue weighted by molar-refractivity contribution is -0.173. The lowest BCUT2D eigenvalue weighted by Gasteiger charge is -2.43. The Balaban J connectivity index is 1.53. The molecular weight excluding hydrogens is 326 g/mol. The number of carbonyl (C=O) groups excluding carboxylic acids is 1. The zero-order valence-electron chi connectivity index (χ0n) is 15.8. The first kappa shape index (κ1) is 17.5. The van der Waals surface area contributed by atoms with Crippen molar-refractivity contribution in [2.75, 3.05) is 13.2 Å². The average molecular weight is 353 g/mol. The second-order valence-corrected chi connectivity index (χ2v) is 8.37. The maximum atomic E-state index is 12.8. The molecule has 1 aliphatic carbocycles. The number of carbonyl (C=O) groups is 1. The molecule has 0 unspecified atom stereocenters. The summed E-state index contributed by atoms with van der Waals surface area (Å²) in [5, 5.41) is 0. The summed E-state index contributed by atoms with van der Waals surface area (Å²) in [7, 11) is 0. The fraction of sp³-hybridized carbons (Fsp3) is 0.500. The van der Waals surface area contributed by atoms with Crippen LogP contribution in [-0.2, 0) is 16.0 Å². The van der Waals surface area contributed by atoms with Crippen LogP contribution in [0, 0.1) is 5.92 Å². The molecule has 0 radical (unpaired) electrons. The monoisotopic (exact) mass is 353 g/mol. The van der Waals surface area contributed by atoms with Crippen LogP contribution >= 0.6 is 0 Å². The number of hydrogen-bond acceptors (Lipinski definition) is 3. The molecule has 3 atom stereocenters. The number of ether oxygens (including phenoxy) is 2. The van der Waals surface area contributed by atoms with Crippen LogP contribution in [0.15, 0.2) is 48.1 Å². The highest BCUT2D eigenvalue weighted by Crippen LogP contribution is 2.36. The number of benzene rings is 1. The van der Waals surface area contributed by atoms with Crippen LogP contribution in [0.25, 0.3) is 0 Å². The lowest BCUT2D eigenvalue weighted by atomic mass is 9.82. The predicted molar refractivity (Wildman–Crippen MR) is 101 cm³/mol. The molecule has 2 heterocycles. The second kappa shape index (κ2) is 6.67. The SMILES string of the molecule is CC(C)(C)O[C@H]1[C@@H](CN2Cc3ccccc3C2=O)OCC[C@H]1C1=CC=C1. The van der Waals surface area contributed by atoms with Crippen molar-refractivity contribution in [1.29, 1.82) is 0 Å². The molecule has 1 fully saturated rings. The number of hydrogen-bond donors (Lipinski definition) is 0. The molecule has 138 valence electrons. The number of rotatable bonds is 4. The molecule has 1 amide bonds. The Morgan fingerprint density at radius 1 is 1.27 bits per heavy atom. The van der Waals surface area contributed by atoms with Crippen molar-refractivity contribution in [2.45, 2.75) is 51.5 Å². The first-order valence-corrected chi connectivity index (χ1v) is 9.47. The van der Waals surface area contributed by atoms with Crippen LogP contribution in [0.4, 0.5) is 0 Å². The fourth-order valence-electron chi connectivity index (χ4n) is 4.08. The van der Waals surface area contributed by atoms with Crippen LogP contribution in [0.3, 0.4) is 0 Å². The Hall–Kier alpha value is -1.91. The van der Waals surface area contributed by atoms with E-state index >= 15 is 0 Å². The van der Waals surface area contributed by atoms with Crippen molar-refractivity contribution in [2.24, 2.45) is 5.92 Å². The largest absolute Gasteiger partial charge is 0.374 e. The van der Waals surface area contributed by atoms with E-state index < -0.39 is 0 Å². The van der Waals surface area contributed by atoms with Gasteiger partial charge in [-0.1, -0.05) is 36.4 Å². The molecular formula is C22H27NO3. The van der Waals surface area contributed by atoms with Gasteiger partial charge in [-0.25, -0.2) is 0 Å². The highest BCUT2D eigenvalue weighted by molar-refractivity contribution is 5.98. The van der Waals surface area contributed by atoms with Crippen molar-refractivity contribution in [3.05, 3.63) is 59.2 Å². The average Bonchev–Trinajstić information content (AvgIpc) is 2.84. The van der Waals surface area contributed by atoms with E-state index in [2.05, 4.69) is 39.0 Å². The van der Waals surface area contributed by atoms with Gasteiger partial charge in [-0.2, -0.15) is 0 Å². The number of nitrogens with zero attached hydrogens (tertiary/aromatic N) is 1. The molecule has 1 aromatic carbocycles. The van der Waals surface area contributed by atoms with Gasteiger partial charge in [0.15, 0.2) is 0 Å². The Morgan fingerprint density at radius 3 is 2.69 bits per heavy atom. The minimum atomic E-state index is -0.256. The molecule has 1 saturated heterocycles. The van der Waals surface area contributed by atoms with Crippen LogP contribution in [0.2, 0.25) is 0 Å². The van der Waals surface area contributed by atoms with Crippen LogP contribution in [-0.4, -0.2) is 41.8 Å². The molecule has 0 N–H and O–H groups in total. The van der Waals surface area contributed by atoms with Gasteiger partial charge in [-0.05, 0) is 44.4 Å². The second-order valence-electron chi connectivity index (χ2n) is 8.37. The summed E-state index contributed by atoms with van der Waals surface area (Å²) in [4.78, 5) is 14.7. The molecule has 4 rings (SSSR count). The van der Waals surface area contributed by atoms with E-state index in [-0.39, 0.29) is 23.7 Å². The van der Waals surface area contributed by atoms with Crippen LogP contribution in [0.1, 0.15) is 43.1 Å². The van der Waals surface area contributed by atoms with E-state index in [1.165, 1.54) is 5.57 Å². The van der Waals surface area contributed by atoms with Gasteiger partial charge in [0, 0.05) is 24.6 Å². The van der Waals surface area contributed by atoms with Crippen molar-refractivity contribution < 1.29 is 14.3 Å². The van der Waals surface area contributed by atoms with Crippen molar-refractivity contribution >= 4 is 5.91 Å². The van der Waals surface area contributed by atoms with Gasteiger partial charge in [-0.15, -0.1) is 0 Å². The zero-order valence-corrected chi connectivity index (χ0v) is 15.8. The summed E-state index contributed by atoms with van der Waals surface area (Å²) in [5.41, 5.74) is 3.00. The molecule has 0 aromatic heterocycles. The van der Waals surface area contributed by atoms with Gasteiger partial charge in [0.05, 0.1) is 18.2 Å². The highest BCUT2D eigenvalue weighted by atomic mass is 16.6. The normalized spacial score (nSPS) is 28.0. The minimum Gasteiger partial charge on any atom is -0.374 e. The number of fused-ring (bicyclic) bond motifs is 1. The molecule has 26 heavy (non-hydrogen) atoms. The smallest absolute Gasteiger partial charge is 0.254 e. The third kappa shape index (κ3) is 3.36. The topological polar surface area (TPSA) is 38.8 Å². The summed E-state index contributed by atoms with van der Waals surface area (Å²) >= 11 is 0. The third-order valence-electron chi connectivity index (χ3n) is 5.32. The molecule has 0 saturated carbocycles. The fourth-order valence-corrected chi connectivity index (χ4v) is 4.08. The summed E-state index contributed by atoms with van der Waals surface area (Å²) in [6.45, 7) is 8.18. The van der Waals surface area contributed by atoms with Crippen LogP contribution < -0.4 is 0 Å². The molecule has 2 aliphatic heterocycles. The van der Waals surface area contributed by atoms with E-state index in [9.17, 15) is 4.79 Å². The Bertz CT molecular complexity index is 759. The maximum absolute atomic E-state index is 12.8. The summed E-state index contributed by atoms with van der Waals surface area (Å²) in [6.07, 6.45) is 7.22. The highest BCUT2D eigenvalue weighted by Gasteiger charge is 2.41. The zero-order chi connectivity index (χ0) is 18.3. The molecule has 0 spiro atoms. The molecule has 1 aromatic rings. The Kier molecular flexibility index (Phi) is 4.49. The Labute approximate surface area is 155 Å². The van der Waals surface area contributed by atoms with Crippen molar-refractivity contribution in [1.82, 2.24) is 4.90 Å². The van der Waals surface area contributed by atoms with E-state index in [1.54, 1.807) is 0 Å². The summed E-state index contributed by atoms with van der Waals surface area (Å²) < 4.78 is 12.6. The van der Waals surface area contributed by atoms with Gasteiger partial charge in [-0.3, -0.25) is 4.79 Å². The van der Waals surface area contributed by atoms with Gasteiger partial charge in [0.2, 0.25) is 0 Å². The predicted octanol–water partition coefficient (Wildman–Crippen LogP) is 3.73. The van der Waals surface area contributed by atoms with Crippen molar-refractivity contribution in [3.8, 4) is 0 Å². The van der Waals surface area contributed by atoms with Crippen molar-refractivity contribution in [3.63, 3.8) is 0 Å². The molecule has 4 heteroatoms. The van der Waals surface area contributed by atoms with Gasteiger partial charge in [0.1, 0.15) is 6.10 Å². The first-order valence-electron chi connectivity index (χ1n) is 9.47. The number of amides is 1. The Morgan fingerprint density at radius 2 is 2.04 bits per heavy atom.